The zero-order valence-corrected chi connectivity index (χ0v) is 16.3. The fourth-order valence-corrected chi connectivity index (χ4v) is 2.42. The van der Waals surface area contributed by atoms with Crippen LogP contribution in [0.4, 0.5) is 4.39 Å². The van der Waals surface area contributed by atoms with Crippen LogP contribution in [0.3, 0.4) is 0 Å². The van der Waals surface area contributed by atoms with Crippen LogP contribution in [0, 0.1) is 6.42 Å². The van der Waals surface area contributed by atoms with Gasteiger partial charge in [-0.25, -0.2) is 4.39 Å². The monoisotopic (exact) mass is 517 g/mol. The Bertz CT molecular complexity index is 673. The van der Waals surface area contributed by atoms with Gasteiger partial charge in [-0.1, -0.05) is 72.6 Å². The molecule has 0 spiro atoms. The second-order valence-corrected chi connectivity index (χ2v) is 5.71. The molecule has 0 N–H and O–H groups in total. The molecule has 0 fully saturated rings. The first kappa shape index (κ1) is 20.7. The first-order valence-corrected chi connectivity index (χ1v) is 8.09. The van der Waals surface area contributed by atoms with Crippen LogP contribution in [0.25, 0.3) is 0 Å². The molecule has 1 unspecified atom stereocenters. The van der Waals surface area contributed by atoms with Gasteiger partial charge in [0.1, 0.15) is 5.83 Å². The summed E-state index contributed by atoms with van der Waals surface area (Å²) < 4.78 is 11.9. The molecule has 1 atom stereocenters. The topological polar surface area (TPSA) is 0 Å². The molecule has 0 aromatic heterocycles. The third kappa shape index (κ3) is 7.97. The average molecular weight is 518 g/mol. The van der Waals surface area contributed by atoms with Crippen LogP contribution in [0.5, 0.6) is 0 Å². The van der Waals surface area contributed by atoms with E-state index >= 15 is 0 Å². The van der Waals surface area contributed by atoms with Crippen molar-refractivity contribution in [3.63, 3.8) is 0 Å². The summed E-state index contributed by atoms with van der Waals surface area (Å²) >= 11 is 5.50. The number of allylic oxidation sites excluding steroid dienone is 3. The van der Waals surface area contributed by atoms with E-state index in [1.807, 2.05) is 12.1 Å². The second kappa shape index (κ2) is 12.1. The van der Waals surface area contributed by atoms with Crippen molar-refractivity contribution in [2.24, 2.45) is 0 Å². The van der Waals surface area contributed by atoms with Crippen LogP contribution in [-0.4, -0.2) is 0 Å². The normalized spacial score (nSPS) is 13.2. The summed E-state index contributed by atoms with van der Waals surface area (Å²) in [5.74, 6) is -0.209. The van der Waals surface area contributed by atoms with Crippen LogP contribution >= 0.6 is 0 Å². The van der Waals surface area contributed by atoms with E-state index < -0.39 is 0 Å². The smallest absolute Gasteiger partial charge is 0.109 e. The summed E-state index contributed by atoms with van der Waals surface area (Å²) in [6.45, 7) is 0. The molecule has 0 aliphatic heterocycles. The molecule has 2 aromatic rings. The maximum Gasteiger partial charge on any atom is 0.109 e. The quantitative estimate of drug-likeness (QED) is 0.372. The minimum absolute atomic E-state index is 0. The van der Waals surface area contributed by atoms with E-state index in [0.717, 1.165) is 12.8 Å². The third-order valence-electron chi connectivity index (χ3n) is 3.39. The summed E-state index contributed by atoms with van der Waals surface area (Å²) in [4.78, 5) is 0. The standard InChI is InChI=1S/C15H16S.C6H4F.Pt/c16-15(14-9-5-2-6-10-14)12-11-13-7-3-1-4-8-13;7-6-4-2-1-3-5-6;/h1-10,15-16H,11-12H2;2-5H;/p-1. The molecule has 1 aliphatic carbocycles. The molecule has 1 aliphatic rings. The minimum atomic E-state index is -0.209. The molecular weight excluding hydrogens is 498 g/mol. The molecule has 2 aromatic carbocycles. The maximum absolute atomic E-state index is 11.9. The molecule has 1 radical (unpaired) electrons. The fourth-order valence-electron chi connectivity index (χ4n) is 2.14. The molecule has 3 heteroatoms. The molecule has 0 saturated carbocycles. The van der Waals surface area contributed by atoms with Crippen molar-refractivity contribution < 1.29 is 25.5 Å². The van der Waals surface area contributed by atoms with Crippen molar-refractivity contribution >= 4 is 12.6 Å². The SMILES string of the molecule is FC1=CC=C=C[CH]1.[Pt].[S-]C(CCc1ccccc1)c1ccccc1. The van der Waals surface area contributed by atoms with Crippen molar-refractivity contribution in [2.45, 2.75) is 18.1 Å². The van der Waals surface area contributed by atoms with Crippen LogP contribution in [0.2, 0.25) is 0 Å². The van der Waals surface area contributed by atoms with Crippen molar-refractivity contribution in [2.75, 3.05) is 0 Å². The van der Waals surface area contributed by atoms with E-state index in [0.29, 0.717) is 0 Å². The van der Waals surface area contributed by atoms with Gasteiger partial charge in [0.2, 0.25) is 0 Å². The van der Waals surface area contributed by atoms with E-state index in [1.54, 1.807) is 0 Å². The Labute approximate surface area is 163 Å². The number of hydrogen-bond acceptors (Lipinski definition) is 1. The van der Waals surface area contributed by atoms with Crippen molar-refractivity contribution in [1.29, 1.82) is 0 Å². The summed E-state index contributed by atoms with van der Waals surface area (Å²) in [5, 5.41) is 0.224. The molecule has 0 heterocycles. The van der Waals surface area contributed by atoms with Gasteiger partial charge in [0.15, 0.2) is 0 Å². The molecular formula is C21H19FPtS-. The average Bonchev–Trinajstić information content (AvgIpc) is 2.62. The molecule has 24 heavy (non-hydrogen) atoms. The fraction of sp³-hybridized carbons (Fsp3) is 0.143. The number of halogens is 1. The number of benzene rings is 2. The van der Waals surface area contributed by atoms with Gasteiger partial charge < -0.3 is 12.6 Å². The predicted molar refractivity (Wildman–Crippen MR) is 97.5 cm³/mol. The maximum atomic E-state index is 11.9. The molecule has 3 rings (SSSR count). The Hall–Kier alpha value is -1.33. The van der Waals surface area contributed by atoms with E-state index in [4.69, 9.17) is 12.6 Å². The Morgan fingerprint density at radius 3 is 2.04 bits per heavy atom. The van der Waals surface area contributed by atoms with Gasteiger partial charge in [0, 0.05) is 27.5 Å². The Kier molecular flexibility index (Phi) is 10.4. The Balaban J connectivity index is 0.000000304. The molecule has 127 valence electrons. The Morgan fingerprint density at radius 2 is 1.54 bits per heavy atom. The zero-order valence-electron chi connectivity index (χ0n) is 13.2. The van der Waals surface area contributed by atoms with Gasteiger partial charge in [-0.2, -0.15) is 0 Å². The van der Waals surface area contributed by atoms with Crippen LogP contribution in [0.15, 0.2) is 90.4 Å². The van der Waals surface area contributed by atoms with E-state index in [2.05, 4.69) is 54.3 Å². The van der Waals surface area contributed by atoms with Crippen molar-refractivity contribution in [3.05, 3.63) is 108 Å². The molecule has 0 nitrogen and oxygen atoms in total. The van der Waals surface area contributed by atoms with Crippen molar-refractivity contribution in [1.82, 2.24) is 0 Å². The first-order valence-electron chi connectivity index (χ1n) is 7.62. The summed E-state index contributed by atoms with van der Waals surface area (Å²) in [6, 6.07) is 20.9. The van der Waals surface area contributed by atoms with Crippen molar-refractivity contribution in [3.8, 4) is 0 Å². The number of rotatable bonds is 4. The molecule has 0 saturated heterocycles. The Morgan fingerprint density at radius 1 is 0.917 bits per heavy atom. The van der Waals surface area contributed by atoms with Gasteiger partial charge in [-0.05, 0) is 30.2 Å². The zero-order chi connectivity index (χ0) is 16.3. The largest absolute Gasteiger partial charge is 0.785 e. The first-order chi connectivity index (χ1) is 11.3. The summed E-state index contributed by atoms with van der Waals surface area (Å²) in [6.07, 6.45) is 7.89. The van der Waals surface area contributed by atoms with Crippen LogP contribution < -0.4 is 0 Å². The predicted octanol–water partition coefficient (Wildman–Crippen LogP) is 5.67. The number of hydrogen-bond donors (Lipinski definition) is 0. The van der Waals surface area contributed by atoms with Gasteiger partial charge in [-0.3, -0.25) is 0 Å². The van der Waals surface area contributed by atoms with Crippen LogP contribution in [-0.2, 0) is 40.1 Å². The van der Waals surface area contributed by atoms with Gasteiger partial charge >= 0.3 is 0 Å². The molecule has 0 bridgehead atoms. The van der Waals surface area contributed by atoms with Gasteiger partial charge in [0.05, 0.1) is 0 Å². The van der Waals surface area contributed by atoms with E-state index in [-0.39, 0.29) is 32.1 Å². The second-order valence-electron chi connectivity index (χ2n) is 5.14. The van der Waals surface area contributed by atoms with Gasteiger partial charge in [-0.15, -0.1) is 11.0 Å². The minimum Gasteiger partial charge on any atom is -0.785 e. The molecule has 0 amide bonds. The summed E-state index contributed by atoms with van der Waals surface area (Å²) in [5.41, 5.74) is 5.32. The van der Waals surface area contributed by atoms with E-state index in [1.165, 1.54) is 35.8 Å². The summed E-state index contributed by atoms with van der Waals surface area (Å²) in [7, 11) is 0. The van der Waals surface area contributed by atoms with Crippen LogP contribution in [0.1, 0.15) is 22.8 Å². The van der Waals surface area contributed by atoms with E-state index in [9.17, 15) is 4.39 Å². The van der Waals surface area contributed by atoms with Gasteiger partial charge in [0.25, 0.3) is 0 Å². The number of aryl methyl sites for hydroxylation is 1. The third-order valence-corrected chi connectivity index (χ3v) is 3.89.